The van der Waals surface area contributed by atoms with E-state index in [-0.39, 0.29) is 17.9 Å². The van der Waals surface area contributed by atoms with Gasteiger partial charge < -0.3 is 10.2 Å². The molecule has 2 atom stereocenters. The Hall–Kier alpha value is -2.31. The highest BCUT2D eigenvalue weighted by Crippen LogP contribution is 2.44. The van der Waals surface area contributed by atoms with Gasteiger partial charge in [-0.25, -0.2) is 4.39 Å². The maximum absolute atomic E-state index is 14.5. The molecule has 1 N–H and O–H groups in total. The summed E-state index contributed by atoms with van der Waals surface area (Å²) in [5, 5.41) is 5.92. The topological polar surface area (TPSA) is 28.2 Å². The molecule has 126 valence electrons. The van der Waals surface area contributed by atoms with Crippen molar-refractivity contribution in [2.24, 2.45) is 0 Å². The summed E-state index contributed by atoms with van der Waals surface area (Å²) in [7, 11) is 0. The average Bonchev–Trinajstić information content (AvgIpc) is 3.19. The van der Waals surface area contributed by atoms with E-state index in [1.165, 1.54) is 11.6 Å². The number of halogens is 1. The first-order valence-corrected chi connectivity index (χ1v) is 9.25. The summed E-state index contributed by atoms with van der Waals surface area (Å²) in [4.78, 5) is 7.53. The van der Waals surface area contributed by atoms with Crippen molar-refractivity contribution in [1.82, 2.24) is 10.3 Å². The molecule has 2 unspecified atom stereocenters. The van der Waals surface area contributed by atoms with Gasteiger partial charge in [-0.3, -0.25) is 4.98 Å². The van der Waals surface area contributed by atoms with Gasteiger partial charge in [-0.1, -0.05) is 18.2 Å². The van der Waals surface area contributed by atoms with E-state index in [2.05, 4.69) is 28.7 Å². The molecule has 3 aromatic rings. The summed E-state index contributed by atoms with van der Waals surface area (Å²) in [6.45, 7) is 2.07. The van der Waals surface area contributed by atoms with Crippen LogP contribution in [0.25, 0.3) is 0 Å². The van der Waals surface area contributed by atoms with E-state index in [0.717, 1.165) is 10.6 Å². The van der Waals surface area contributed by atoms with E-state index in [9.17, 15) is 4.39 Å². The molecule has 0 spiro atoms. The Labute approximate surface area is 155 Å². The molecule has 0 saturated carbocycles. The SMILES string of the molecule is Cc1ccsc1C1C(c2ccccn2)NC(=S)N1c1ccccc1F. The van der Waals surface area contributed by atoms with Gasteiger partial charge in [0.05, 0.1) is 23.5 Å². The number of aromatic nitrogens is 1. The van der Waals surface area contributed by atoms with Crippen LogP contribution in [0.3, 0.4) is 0 Å². The number of pyridine rings is 1. The molecule has 3 nitrogen and oxygen atoms in total. The molecule has 1 saturated heterocycles. The molecule has 6 heteroatoms. The first-order valence-electron chi connectivity index (χ1n) is 7.96. The number of rotatable bonds is 3. The molecule has 1 fully saturated rings. The molecule has 3 heterocycles. The lowest BCUT2D eigenvalue weighted by Crippen LogP contribution is -2.30. The van der Waals surface area contributed by atoms with Crippen molar-refractivity contribution in [3.63, 3.8) is 0 Å². The Morgan fingerprint density at radius 3 is 2.64 bits per heavy atom. The van der Waals surface area contributed by atoms with E-state index in [0.29, 0.717) is 10.8 Å². The molecule has 0 aliphatic carbocycles. The molecule has 2 aromatic heterocycles. The summed E-state index contributed by atoms with van der Waals surface area (Å²) in [6, 6.07) is 14.4. The van der Waals surface area contributed by atoms with Crippen molar-refractivity contribution >= 4 is 34.4 Å². The third kappa shape index (κ3) is 2.81. The van der Waals surface area contributed by atoms with E-state index in [1.807, 2.05) is 29.2 Å². The van der Waals surface area contributed by atoms with E-state index < -0.39 is 0 Å². The van der Waals surface area contributed by atoms with Gasteiger partial charge in [0.1, 0.15) is 5.82 Å². The smallest absolute Gasteiger partial charge is 0.174 e. The Bertz CT molecular complexity index is 910. The number of thiocarbonyl (C=S) groups is 1. The van der Waals surface area contributed by atoms with Crippen LogP contribution in [0.1, 0.15) is 28.2 Å². The maximum Gasteiger partial charge on any atom is 0.174 e. The fraction of sp³-hybridized carbons (Fsp3) is 0.158. The van der Waals surface area contributed by atoms with Gasteiger partial charge in [0, 0.05) is 11.1 Å². The fourth-order valence-corrected chi connectivity index (χ4v) is 4.61. The molecule has 25 heavy (non-hydrogen) atoms. The van der Waals surface area contributed by atoms with Crippen LogP contribution in [0.4, 0.5) is 10.1 Å². The quantitative estimate of drug-likeness (QED) is 0.673. The Balaban J connectivity index is 1.87. The van der Waals surface area contributed by atoms with E-state index in [1.54, 1.807) is 29.7 Å². The standard InChI is InChI=1S/C19H16FN3S2/c1-12-9-11-25-18(12)17-16(14-7-4-5-10-21-14)22-19(24)23(17)15-8-3-2-6-13(15)20/h2-11,16-17H,1H3,(H,22,24). The van der Waals surface area contributed by atoms with Crippen LogP contribution in [-0.2, 0) is 0 Å². The van der Waals surface area contributed by atoms with Gasteiger partial charge in [-0.05, 0) is 60.4 Å². The number of benzene rings is 1. The minimum atomic E-state index is -0.285. The van der Waals surface area contributed by atoms with Gasteiger partial charge in [0.2, 0.25) is 0 Å². The predicted octanol–water partition coefficient (Wildman–Crippen LogP) is 4.77. The van der Waals surface area contributed by atoms with Gasteiger partial charge in [-0.15, -0.1) is 11.3 Å². The number of para-hydroxylation sites is 1. The van der Waals surface area contributed by atoms with E-state index >= 15 is 0 Å². The van der Waals surface area contributed by atoms with Crippen molar-refractivity contribution in [2.75, 3.05) is 4.90 Å². The van der Waals surface area contributed by atoms with Crippen LogP contribution < -0.4 is 10.2 Å². The number of nitrogens with zero attached hydrogens (tertiary/aromatic N) is 2. The van der Waals surface area contributed by atoms with Crippen molar-refractivity contribution in [3.05, 3.63) is 82.1 Å². The third-order valence-corrected chi connectivity index (χ3v) is 5.78. The lowest BCUT2D eigenvalue weighted by molar-refractivity contribution is 0.563. The molecule has 4 rings (SSSR count). The fourth-order valence-electron chi connectivity index (χ4n) is 3.21. The number of thiophene rings is 1. The normalized spacial score (nSPS) is 19.9. The number of aryl methyl sites for hydroxylation is 1. The highest BCUT2D eigenvalue weighted by atomic mass is 32.1. The second-order valence-corrected chi connectivity index (χ2v) is 7.25. The van der Waals surface area contributed by atoms with E-state index in [4.69, 9.17) is 12.2 Å². The van der Waals surface area contributed by atoms with Crippen LogP contribution in [0.5, 0.6) is 0 Å². The lowest BCUT2D eigenvalue weighted by Gasteiger charge is -2.27. The zero-order chi connectivity index (χ0) is 17.4. The number of hydrogen-bond acceptors (Lipinski definition) is 3. The molecule has 0 bridgehead atoms. The minimum Gasteiger partial charge on any atom is -0.351 e. The number of hydrogen-bond donors (Lipinski definition) is 1. The summed E-state index contributed by atoms with van der Waals surface area (Å²) in [5.74, 6) is -0.285. The van der Waals surface area contributed by atoms with Crippen LogP contribution in [0.15, 0.2) is 60.1 Å². The molecule has 0 radical (unpaired) electrons. The Kier molecular flexibility index (Phi) is 4.23. The number of nitrogens with one attached hydrogen (secondary N) is 1. The van der Waals surface area contributed by atoms with Crippen LogP contribution in [0, 0.1) is 12.7 Å². The highest BCUT2D eigenvalue weighted by molar-refractivity contribution is 7.80. The first-order chi connectivity index (χ1) is 12.2. The largest absolute Gasteiger partial charge is 0.351 e. The zero-order valence-corrected chi connectivity index (χ0v) is 15.2. The minimum absolute atomic E-state index is 0.134. The molecule has 0 amide bonds. The Morgan fingerprint density at radius 2 is 1.96 bits per heavy atom. The molecular formula is C19H16FN3S2. The second-order valence-electron chi connectivity index (χ2n) is 5.92. The van der Waals surface area contributed by atoms with Crippen LogP contribution in [-0.4, -0.2) is 10.1 Å². The first kappa shape index (κ1) is 16.2. The van der Waals surface area contributed by atoms with Gasteiger partial charge in [0.15, 0.2) is 5.11 Å². The van der Waals surface area contributed by atoms with Crippen molar-refractivity contribution < 1.29 is 4.39 Å². The zero-order valence-electron chi connectivity index (χ0n) is 13.5. The van der Waals surface area contributed by atoms with Gasteiger partial charge in [0.25, 0.3) is 0 Å². The summed E-state index contributed by atoms with van der Waals surface area (Å²) < 4.78 is 14.5. The van der Waals surface area contributed by atoms with Crippen LogP contribution in [0.2, 0.25) is 0 Å². The summed E-state index contributed by atoms with van der Waals surface area (Å²) in [5.41, 5.74) is 2.54. The van der Waals surface area contributed by atoms with Gasteiger partial charge >= 0.3 is 0 Å². The van der Waals surface area contributed by atoms with Crippen LogP contribution >= 0.6 is 23.6 Å². The molecule has 1 aliphatic rings. The van der Waals surface area contributed by atoms with Gasteiger partial charge in [-0.2, -0.15) is 0 Å². The number of anilines is 1. The van der Waals surface area contributed by atoms with Crippen molar-refractivity contribution in [3.8, 4) is 0 Å². The maximum atomic E-state index is 14.5. The monoisotopic (exact) mass is 369 g/mol. The summed E-state index contributed by atoms with van der Waals surface area (Å²) >= 11 is 7.24. The molecule has 1 aromatic carbocycles. The average molecular weight is 369 g/mol. The Morgan fingerprint density at radius 1 is 1.16 bits per heavy atom. The summed E-state index contributed by atoms with van der Waals surface area (Å²) in [6.07, 6.45) is 1.77. The molecular weight excluding hydrogens is 353 g/mol. The van der Waals surface area contributed by atoms with Crippen molar-refractivity contribution in [1.29, 1.82) is 0 Å². The lowest BCUT2D eigenvalue weighted by atomic mass is 10.0. The second kappa shape index (κ2) is 6.54. The third-order valence-electron chi connectivity index (χ3n) is 4.38. The predicted molar refractivity (Wildman–Crippen MR) is 103 cm³/mol. The van der Waals surface area contributed by atoms with Crippen molar-refractivity contribution in [2.45, 2.75) is 19.0 Å². The molecule has 1 aliphatic heterocycles. The highest BCUT2D eigenvalue weighted by Gasteiger charge is 2.42.